The SMILES string of the molecule is CCCCCCCCC(CNCC(CCCC)OCC)OCC. The minimum Gasteiger partial charge on any atom is -0.377 e. The minimum absolute atomic E-state index is 0.358. The fourth-order valence-electron chi connectivity index (χ4n) is 2.95. The molecule has 0 bridgehead atoms. The lowest BCUT2D eigenvalue weighted by molar-refractivity contribution is 0.0372. The summed E-state index contributed by atoms with van der Waals surface area (Å²) in [5.41, 5.74) is 0. The third-order valence-corrected chi connectivity index (χ3v) is 4.31. The molecule has 0 aromatic heterocycles. The normalized spacial score (nSPS) is 14.1. The van der Waals surface area contributed by atoms with Crippen LogP contribution in [0, 0.1) is 0 Å². The van der Waals surface area contributed by atoms with Gasteiger partial charge in [-0.15, -0.1) is 0 Å². The molecule has 2 unspecified atom stereocenters. The molecule has 0 aliphatic carbocycles. The van der Waals surface area contributed by atoms with Gasteiger partial charge in [0.15, 0.2) is 0 Å². The van der Waals surface area contributed by atoms with Crippen LogP contribution < -0.4 is 5.32 Å². The van der Waals surface area contributed by atoms with Crippen molar-refractivity contribution in [2.45, 2.75) is 104 Å². The summed E-state index contributed by atoms with van der Waals surface area (Å²) in [4.78, 5) is 0. The quantitative estimate of drug-likeness (QED) is 0.345. The molecular weight excluding hydrogens is 286 g/mol. The summed E-state index contributed by atoms with van der Waals surface area (Å²) >= 11 is 0. The van der Waals surface area contributed by atoms with E-state index in [9.17, 15) is 0 Å². The van der Waals surface area contributed by atoms with E-state index in [1.165, 1.54) is 57.8 Å². The van der Waals surface area contributed by atoms with Gasteiger partial charge in [0.25, 0.3) is 0 Å². The Morgan fingerprint density at radius 3 is 1.61 bits per heavy atom. The lowest BCUT2D eigenvalue weighted by atomic mass is 10.1. The van der Waals surface area contributed by atoms with Gasteiger partial charge in [-0.2, -0.15) is 0 Å². The van der Waals surface area contributed by atoms with Gasteiger partial charge in [-0.05, 0) is 26.7 Å². The molecule has 2 atom stereocenters. The first-order valence-electron chi connectivity index (χ1n) is 10.2. The zero-order valence-electron chi connectivity index (χ0n) is 16.4. The Kier molecular flexibility index (Phi) is 18.1. The third-order valence-electron chi connectivity index (χ3n) is 4.31. The Labute approximate surface area is 145 Å². The van der Waals surface area contributed by atoms with Gasteiger partial charge in [0, 0.05) is 26.3 Å². The summed E-state index contributed by atoms with van der Waals surface area (Å²) in [7, 11) is 0. The summed E-state index contributed by atoms with van der Waals surface area (Å²) < 4.78 is 11.7. The third kappa shape index (κ3) is 15.2. The van der Waals surface area contributed by atoms with Crippen molar-refractivity contribution in [2.24, 2.45) is 0 Å². The monoisotopic (exact) mass is 329 g/mol. The van der Waals surface area contributed by atoms with E-state index < -0.39 is 0 Å². The molecular formula is C20H43NO2. The molecule has 0 fully saturated rings. The van der Waals surface area contributed by atoms with E-state index in [1.54, 1.807) is 0 Å². The molecule has 0 saturated heterocycles. The van der Waals surface area contributed by atoms with E-state index in [2.05, 4.69) is 33.0 Å². The first kappa shape index (κ1) is 22.9. The van der Waals surface area contributed by atoms with Gasteiger partial charge in [0.2, 0.25) is 0 Å². The Balaban J connectivity index is 3.83. The molecule has 0 aliphatic rings. The second kappa shape index (κ2) is 18.2. The highest BCUT2D eigenvalue weighted by Crippen LogP contribution is 2.10. The van der Waals surface area contributed by atoms with Gasteiger partial charge in [0.05, 0.1) is 12.2 Å². The molecule has 3 nitrogen and oxygen atoms in total. The summed E-state index contributed by atoms with van der Waals surface area (Å²) in [6, 6.07) is 0. The van der Waals surface area contributed by atoms with Crippen LogP contribution in [-0.2, 0) is 9.47 Å². The van der Waals surface area contributed by atoms with Crippen LogP contribution in [-0.4, -0.2) is 38.5 Å². The standard InChI is InChI=1S/C20H43NO2/c1-5-9-11-12-13-14-16-20(23-8-4)18-21-17-19(22-7-3)15-10-6-2/h19-21H,5-18H2,1-4H3. The van der Waals surface area contributed by atoms with Crippen LogP contribution in [0.2, 0.25) is 0 Å². The van der Waals surface area contributed by atoms with Crippen LogP contribution in [0.5, 0.6) is 0 Å². The number of hydrogen-bond acceptors (Lipinski definition) is 3. The zero-order valence-corrected chi connectivity index (χ0v) is 16.4. The fourth-order valence-corrected chi connectivity index (χ4v) is 2.95. The average Bonchev–Trinajstić information content (AvgIpc) is 2.55. The van der Waals surface area contributed by atoms with Crippen molar-refractivity contribution in [2.75, 3.05) is 26.3 Å². The maximum atomic E-state index is 5.89. The molecule has 140 valence electrons. The number of unbranched alkanes of at least 4 members (excludes halogenated alkanes) is 6. The van der Waals surface area contributed by atoms with E-state index in [0.717, 1.165) is 32.7 Å². The van der Waals surface area contributed by atoms with E-state index >= 15 is 0 Å². The lowest BCUT2D eigenvalue weighted by Gasteiger charge is -2.21. The first-order valence-corrected chi connectivity index (χ1v) is 10.2. The molecule has 23 heavy (non-hydrogen) atoms. The molecule has 1 N–H and O–H groups in total. The molecule has 0 amide bonds. The maximum Gasteiger partial charge on any atom is 0.0699 e. The van der Waals surface area contributed by atoms with E-state index in [0.29, 0.717) is 12.2 Å². The van der Waals surface area contributed by atoms with Crippen LogP contribution in [0.25, 0.3) is 0 Å². The second-order valence-corrected chi connectivity index (χ2v) is 6.51. The van der Waals surface area contributed by atoms with Gasteiger partial charge in [-0.1, -0.05) is 65.2 Å². The van der Waals surface area contributed by atoms with Gasteiger partial charge >= 0.3 is 0 Å². The van der Waals surface area contributed by atoms with Crippen molar-refractivity contribution in [3.8, 4) is 0 Å². The van der Waals surface area contributed by atoms with Crippen molar-refractivity contribution in [3.63, 3.8) is 0 Å². The van der Waals surface area contributed by atoms with Crippen molar-refractivity contribution >= 4 is 0 Å². The first-order chi connectivity index (χ1) is 11.3. The van der Waals surface area contributed by atoms with Crippen molar-refractivity contribution < 1.29 is 9.47 Å². The predicted octanol–water partition coefficient (Wildman–Crippen LogP) is 5.33. The fraction of sp³-hybridized carbons (Fsp3) is 1.00. The second-order valence-electron chi connectivity index (χ2n) is 6.51. The lowest BCUT2D eigenvalue weighted by Crippen LogP contribution is -2.35. The van der Waals surface area contributed by atoms with Crippen LogP contribution in [0.3, 0.4) is 0 Å². The molecule has 0 heterocycles. The highest BCUT2D eigenvalue weighted by atomic mass is 16.5. The predicted molar refractivity (Wildman–Crippen MR) is 101 cm³/mol. The molecule has 3 heteroatoms. The van der Waals surface area contributed by atoms with Gasteiger partial charge in [-0.25, -0.2) is 0 Å². The Hall–Kier alpha value is -0.120. The number of rotatable bonds is 18. The highest BCUT2D eigenvalue weighted by molar-refractivity contribution is 4.67. The summed E-state index contributed by atoms with van der Waals surface area (Å²) in [5, 5.41) is 3.58. The van der Waals surface area contributed by atoms with E-state index in [4.69, 9.17) is 9.47 Å². The summed E-state index contributed by atoms with van der Waals surface area (Å²) in [6.45, 7) is 12.2. The highest BCUT2D eigenvalue weighted by Gasteiger charge is 2.11. The average molecular weight is 330 g/mol. The van der Waals surface area contributed by atoms with Crippen molar-refractivity contribution in [1.29, 1.82) is 0 Å². The van der Waals surface area contributed by atoms with Crippen molar-refractivity contribution in [1.82, 2.24) is 5.32 Å². The van der Waals surface area contributed by atoms with Crippen LogP contribution in [0.15, 0.2) is 0 Å². The van der Waals surface area contributed by atoms with Gasteiger partial charge in [0.1, 0.15) is 0 Å². The van der Waals surface area contributed by atoms with Crippen LogP contribution >= 0.6 is 0 Å². The maximum absolute atomic E-state index is 5.89. The van der Waals surface area contributed by atoms with Gasteiger partial charge < -0.3 is 14.8 Å². The number of nitrogens with one attached hydrogen (secondary N) is 1. The Morgan fingerprint density at radius 1 is 0.609 bits per heavy atom. The molecule has 0 radical (unpaired) electrons. The topological polar surface area (TPSA) is 30.5 Å². The van der Waals surface area contributed by atoms with Crippen molar-refractivity contribution in [3.05, 3.63) is 0 Å². The number of hydrogen-bond donors (Lipinski definition) is 1. The Morgan fingerprint density at radius 2 is 1.09 bits per heavy atom. The molecule has 0 aromatic carbocycles. The van der Waals surface area contributed by atoms with Crippen LogP contribution in [0.1, 0.15) is 91.9 Å². The number of ether oxygens (including phenoxy) is 2. The zero-order chi connectivity index (χ0) is 17.2. The molecule has 0 aliphatic heterocycles. The van der Waals surface area contributed by atoms with Gasteiger partial charge in [-0.3, -0.25) is 0 Å². The summed E-state index contributed by atoms with van der Waals surface area (Å²) in [6.07, 6.45) is 13.7. The molecule has 0 aromatic rings. The summed E-state index contributed by atoms with van der Waals surface area (Å²) in [5.74, 6) is 0. The Bertz CT molecular complexity index is 224. The van der Waals surface area contributed by atoms with E-state index in [-0.39, 0.29) is 0 Å². The molecule has 0 rings (SSSR count). The minimum atomic E-state index is 0.358. The largest absolute Gasteiger partial charge is 0.377 e. The van der Waals surface area contributed by atoms with E-state index in [1.807, 2.05) is 0 Å². The van der Waals surface area contributed by atoms with Crippen LogP contribution in [0.4, 0.5) is 0 Å². The molecule has 0 spiro atoms. The molecule has 0 saturated carbocycles. The smallest absolute Gasteiger partial charge is 0.0699 e.